The highest BCUT2D eigenvalue weighted by Gasteiger charge is 2.39. The van der Waals surface area contributed by atoms with Crippen molar-refractivity contribution in [3.8, 4) is 0 Å². The molecule has 0 radical (unpaired) electrons. The lowest BCUT2D eigenvalue weighted by atomic mass is 9.90. The number of carbonyl (C=O) groups is 1. The largest absolute Gasteiger partial charge is 0.356 e. The number of rotatable bonds is 7. The molecule has 1 fully saturated rings. The number of hydrogen-bond donors (Lipinski definition) is 1. The predicted octanol–water partition coefficient (Wildman–Crippen LogP) is 3.74. The Morgan fingerprint density at radius 2 is 1.68 bits per heavy atom. The summed E-state index contributed by atoms with van der Waals surface area (Å²) in [6, 6.07) is 17.9. The minimum absolute atomic E-state index is 0.0479. The van der Waals surface area contributed by atoms with E-state index >= 15 is 0 Å². The van der Waals surface area contributed by atoms with Crippen LogP contribution in [-0.2, 0) is 14.8 Å². The number of amides is 1. The standard InChI is InChI=1S/C22H28N2O3S/c1-2-3-16-23-22(25)19-14-15-21(18-10-6-4-7-11-18)24(17-19)28(26,27)20-12-8-5-9-13-20/h4-13,19,21H,2-3,14-17H2,1H3,(H,23,25)/t19-,21-/m1/s1. The third-order valence-corrected chi connectivity index (χ3v) is 7.16. The second-order valence-electron chi connectivity index (χ2n) is 7.23. The highest BCUT2D eigenvalue weighted by atomic mass is 32.2. The fourth-order valence-electron chi connectivity index (χ4n) is 3.69. The van der Waals surface area contributed by atoms with Gasteiger partial charge in [-0.2, -0.15) is 4.31 Å². The van der Waals surface area contributed by atoms with Crippen LogP contribution in [0.4, 0.5) is 0 Å². The van der Waals surface area contributed by atoms with Crippen LogP contribution in [0.25, 0.3) is 0 Å². The Morgan fingerprint density at radius 1 is 1.04 bits per heavy atom. The number of benzene rings is 2. The molecule has 2 aromatic carbocycles. The second kappa shape index (κ2) is 9.34. The van der Waals surface area contributed by atoms with Gasteiger partial charge in [0.25, 0.3) is 0 Å². The first-order valence-corrected chi connectivity index (χ1v) is 11.4. The fraction of sp³-hybridized carbons (Fsp3) is 0.409. The quantitative estimate of drug-likeness (QED) is 0.720. The molecule has 1 aliphatic rings. The van der Waals surface area contributed by atoms with Gasteiger partial charge in [-0.25, -0.2) is 8.42 Å². The molecule has 0 aromatic heterocycles. The molecule has 0 bridgehead atoms. The van der Waals surface area contributed by atoms with Gasteiger partial charge in [-0.05, 0) is 37.0 Å². The Morgan fingerprint density at radius 3 is 2.32 bits per heavy atom. The summed E-state index contributed by atoms with van der Waals surface area (Å²) < 4.78 is 28.3. The monoisotopic (exact) mass is 400 g/mol. The van der Waals surface area contributed by atoms with Gasteiger partial charge < -0.3 is 5.32 Å². The van der Waals surface area contributed by atoms with Crippen LogP contribution in [0.2, 0.25) is 0 Å². The number of piperidine rings is 1. The molecule has 0 aliphatic carbocycles. The first-order chi connectivity index (χ1) is 13.5. The van der Waals surface area contributed by atoms with E-state index in [4.69, 9.17) is 0 Å². The Labute approximate surface area is 167 Å². The van der Waals surface area contributed by atoms with Crippen LogP contribution in [-0.4, -0.2) is 31.7 Å². The van der Waals surface area contributed by atoms with Crippen molar-refractivity contribution in [3.63, 3.8) is 0 Å². The van der Waals surface area contributed by atoms with E-state index in [1.54, 1.807) is 30.3 Å². The van der Waals surface area contributed by atoms with E-state index in [1.807, 2.05) is 30.3 Å². The number of unbranched alkanes of at least 4 members (excludes halogenated alkanes) is 1. The summed E-state index contributed by atoms with van der Waals surface area (Å²) in [6.07, 6.45) is 3.24. The number of carbonyl (C=O) groups excluding carboxylic acids is 1. The first kappa shape index (κ1) is 20.6. The normalized spacial score (nSPS) is 20.6. The Hall–Kier alpha value is -2.18. The molecule has 150 valence electrons. The van der Waals surface area contributed by atoms with Crippen molar-refractivity contribution in [2.24, 2.45) is 5.92 Å². The van der Waals surface area contributed by atoms with Crippen molar-refractivity contribution in [1.29, 1.82) is 0 Å². The third-order valence-electron chi connectivity index (χ3n) is 5.27. The van der Waals surface area contributed by atoms with Gasteiger partial charge in [0.05, 0.1) is 16.9 Å². The third kappa shape index (κ3) is 4.62. The van der Waals surface area contributed by atoms with Gasteiger partial charge >= 0.3 is 0 Å². The Kier molecular flexibility index (Phi) is 6.86. The van der Waals surface area contributed by atoms with Crippen molar-refractivity contribution in [3.05, 3.63) is 66.2 Å². The number of nitrogens with one attached hydrogen (secondary N) is 1. The smallest absolute Gasteiger partial charge is 0.243 e. The van der Waals surface area contributed by atoms with Crippen LogP contribution in [0, 0.1) is 5.92 Å². The topological polar surface area (TPSA) is 66.5 Å². The molecular formula is C22H28N2O3S. The van der Waals surface area contributed by atoms with Gasteiger partial charge in [-0.1, -0.05) is 61.9 Å². The van der Waals surface area contributed by atoms with Gasteiger partial charge in [0.1, 0.15) is 0 Å². The number of hydrogen-bond acceptors (Lipinski definition) is 3. The maximum Gasteiger partial charge on any atom is 0.243 e. The zero-order valence-corrected chi connectivity index (χ0v) is 17.1. The summed E-state index contributed by atoms with van der Waals surface area (Å²) in [6.45, 7) is 2.92. The zero-order valence-electron chi connectivity index (χ0n) is 16.3. The minimum atomic E-state index is -3.70. The van der Waals surface area contributed by atoms with E-state index in [-0.39, 0.29) is 29.3 Å². The van der Waals surface area contributed by atoms with Crippen LogP contribution in [0.3, 0.4) is 0 Å². The molecule has 1 N–H and O–H groups in total. The number of nitrogens with zero attached hydrogens (tertiary/aromatic N) is 1. The zero-order chi connectivity index (χ0) is 20.0. The number of sulfonamides is 1. The van der Waals surface area contributed by atoms with Crippen molar-refractivity contribution in [2.45, 2.75) is 43.5 Å². The van der Waals surface area contributed by atoms with Gasteiger partial charge in [0.15, 0.2) is 0 Å². The summed E-state index contributed by atoms with van der Waals surface area (Å²) >= 11 is 0. The van der Waals surface area contributed by atoms with Crippen LogP contribution in [0.15, 0.2) is 65.6 Å². The molecule has 1 saturated heterocycles. The van der Waals surface area contributed by atoms with Gasteiger partial charge in [-0.15, -0.1) is 0 Å². The van der Waals surface area contributed by atoms with Crippen molar-refractivity contribution >= 4 is 15.9 Å². The van der Waals surface area contributed by atoms with E-state index in [9.17, 15) is 13.2 Å². The fourth-order valence-corrected chi connectivity index (χ4v) is 5.40. The van der Waals surface area contributed by atoms with Gasteiger partial charge in [-0.3, -0.25) is 4.79 Å². The first-order valence-electron chi connectivity index (χ1n) is 9.93. The van der Waals surface area contributed by atoms with Gasteiger partial charge in [0.2, 0.25) is 15.9 Å². The molecule has 0 saturated carbocycles. The summed E-state index contributed by atoms with van der Waals surface area (Å²) in [5.74, 6) is -0.372. The molecule has 2 aromatic rings. The van der Waals surface area contributed by atoms with E-state index in [0.29, 0.717) is 19.4 Å². The average Bonchev–Trinajstić information content (AvgIpc) is 2.74. The lowest BCUT2D eigenvalue weighted by molar-refractivity contribution is -0.126. The molecule has 1 aliphatic heterocycles. The molecular weight excluding hydrogens is 372 g/mol. The molecule has 5 nitrogen and oxygen atoms in total. The lowest BCUT2D eigenvalue weighted by Crippen LogP contribution is -2.47. The molecule has 0 unspecified atom stereocenters. The molecule has 28 heavy (non-hydrogen) atoms. The van der Waals surface area contributed by atoms with E-state index in [2.05, 4.69) is 12.2 Å². The highest BCUT2D eigenvalue weighted by molar-refractivity contribution is 7.89. The van der Waals surface area contributed by atoms with Crippen LogP contribution in [0.5, 0.6) is 0 Å². The maximum absolute atomic E-state index is 13.4. The summed E-state index contributed by atoms with van der Waals surface area (Å²) in [7, 11) is -3.70. The molecule has 3 rings (SSSR count). The van der Waals surface area contributed by atoms with Gasteiger partial charge in [0, 0.05) is 13.1 Å². The Balaban J connectivity index is 1.88. The van der Waals surface area contributed by atoms with E-state index in [1.165, 1.54) is 4.31 Å². The van der Waals surface area contributed by atoms with E-state index in [0.717, 1.165) is 18.4 Å². The van der Waals surface area contributed by atoms with Crippen molar-refractivity contribution in [2.75, 3.05) is 13.1 Å². The van der Waals surface area contributed by atoms with Crippen LogP contribution >= 0.6 is 0 Å². The highest BCUT2D eigenvalue weighted by Crippen LogP contribution is 2.37. The van der Waals surface area contributed by atoms with Crippen molar-refractivity contribution < 1.29 is 13.2 Å². The Bertz CT molecular complexity index is 869. The summed E-state index contributed by atoms with van der Waals surface area (Å²) in [5.41, 5.74) is 0.965. The second-order valence-corrected chi connectivity index (χ2v) is 9.12. The predicted molar refractivity (Wildman–Crippen MR) is 110 cm³/mol. The molecule has 1 amide bonds. The maximum atomic E-state index is 13.4. The van der Waals surface area contributed by atoms with Crippen LogP contribution in [0.1, 0.15) is 44.2 Å². The average molecular weight is 401 g/mol. The minimum Gasteiger partial charge on any atom is -0.356 e. The summed E-state index contributed by atoms with van der Waals surface area (Å²) in [4.78, 5) is 12.9. The molecule has 2 atom stereocenters. The van der Waals surface area contributed by atoms with Crippen LogP contribution < -0.4 is 5.32 Å². The molecule has 6 heteroatoms. The lowest BCUT2D eigenvalue weighted by Gasteiger charge is -2.38. The SMILES string of the molecule is CCCCNC(=O)[C@@H]1CC[C@H](c2ccccc2)N(S(=O)(=O)c2ccccc2)C1. The van der Waals surface area contributed by atoms with Crippen molar-refractivity contribution in [1.82, 2.24) is 9.62 Å². The van der Waals surface area contributed by atoms with E-state index < -0.39 is 10.0 Å². The summed E-state index contributed by atoms with van der Waals surface area (Å²) in [5, 5.41) is 2.96. The molecule has 1 heterocycles. The molecule has 0 spiro atoms.